The maximum atomic E-state index is 12.1. The zero-order valence-electron chi connectivity index (χ0n) is 12.0. The first-order valence-electron chi connectivity index (χ1n) is 6.85. The van der Waals surface area contributed by atoms with Gasteiger partial charge in [-0.15, -0.1) is 0 Å². The lowest BCUT2D eigenvalue weighted by atomic mass is 9.98. The van der Waals surface area contributed by atoms with E-state index in [1.165, 1.54) is 6.92 Å². The summed E-state index contributed by atoms with van der Waals surface area (Å²) in [7, 11) is 0. The lowest BCUT2D eigenvalue weighted by molar-refractivity contribution is 0.0444. The van der Waals surface area contributed by atoms with Gasteiger partial charge in [0, 0.05) is 17.7 Å². The summed E-state index contributed by atoms with van der Waals surface area (Å²) in [4.78, 5) is 36.1. The number of benzene rings is 2. The fraction of sp³-hybridized carbons (Fsp3) is 0.118. The van der Waals surface area contributed by atoms with E-state index in [0.717, 1.165) is 5.39 Å². The van der Waals surface area contributed by atoms with E-state index in [4.69, 9.17) is 4.74 Å². The summed E-state index contributed by atoms with van der Waals surface area (Å²) in [5.74, 6) is -1.43. The molecule has 0 atom stereocenters. The third-order valence-electron chi connectivity index (χ3n) is 4.07. The van der Waals surface area contributed by atoms with Crippen molar-refractivity contribution in [1.29, 1.82) is 0 Å². The van der Waals surface area contributed by atoms with Crippen molar-refractivity contribution < 1.29 is 19.1 Å². The summed E-state index contributed by atoms with van der Waals surface area (Å²) in [5, 5.41) is 1.36. The van der Waals surface area contributed by atoms with Gasteiger partial charge < -0.3 is 4.74 Å². The van der Waals surface area contributed by atoms with Crippen LogP contribution in [-0.4, -0.2) is 22.4 Å². The monoisotopic (exact) mass is 293 g/mol. The second-order valence-corrected chi connectivity index (χ2v) is 5.39. The van der Waals surface area contributed by atoms with Crippen LogP contribution in [0.25, 0.3) is 21.8 Å². The van der Waals surface area contributed by atoms with Crippen LogP contribution in [0.15, 0.2) is 30.3 Å². The molecule has 4 rings (SSSR count). The highest BCUT2D eigenvalue weighted by Crippen LogP contribution is 2.37. The Labute approximate surface area is 125 Å². The zero-order valence-corrected chi connectivity index (χ0v) is 12.0. The Bertz CT molecular complexity index is 1030. The second kappa shape index (κ2) is 4.04. The molecule has 0 amide bonds. The molecule has 2 heterocycles. The number of carbonyl (C=O) groups is 3. The molecule has 3 aromatic rings. The zero-order chi connectivity index (χ0) is 15.6. The average Bonchev–Trinajstić information content (AvgIpc) is 2.93. The Kier molecular flexibility index (Phi) is 2.34. The number of nitrogens with zero attached hydrogens (tertiary/aromatic N) is 1. The van der Waals surface area contributed by atoms with Gasteiger partial charge >= 0.3 is 11.9 Å². The Morgan fingerprint density at radius 2 is 1.73 bits per heavy atom. The first-order chi connectivity index (χ1) is 10.5. The molecule has 0 radical (unpaired) electrons. The summed E-state index contributed by atoms with van der Waals surface area (Å²) in [6, 6.07) is 9.08. The van der Waals surface area contributed by atoms with Crippen molar-refractivity contribution in [2.24, 2.45) is 0 Å². The van der Waals surface area contributed by atoms with Gasteiger partial charge in [-0.1, -0.05) is 18.2 Å². The number of cyclic esters (lactones) is 2. The number of esters is 2. The molecule has 0 saturated carbocycles. The number of ether oxygens (including phenoxy) is 1. The van der Waals surface area contributed by atoms with Crippen molar-refractivity contribution in [3.8, 4) is 0 Å². The number of carbonyl (C=O) groups excluding carboxylic acids is 3. The maximum absolute atomic E-state index is 12.1. The third kappa shape index (κ3) is 1.40. The Morgan fingerprint density at radius 1 is 1.05 bits per heavy atom. The van der Waals surface area contributed by atoms with Crippen LogP contribution < -0.4 is 0 Å². The van der Waals surface area contributed by atoms with Crippen molar-refractivity contribution in [2.75, 3.05) is 0 Å². The van der Waals surface area contributed by atoms with E-state index in [0.29, 0.717) is 27.5 Å². The first kappa shape index (κ1) is 12.8. The molecule has 22 heavy (non-hydrogen) atoms. The molecular weight excluding hydrogens is 282 g/mol. The largest absolute Gasteiger partial charge is 0.386 e. The second-order valence-electron chi connectivity index (χ2n) is 5.39. The van der Waals surface area contributed by atoms with Crippen molar-refractivity contribution in [3.63, 3.8) is 0 Å². The molecule has 1 aliphatic heterocycles. The van der Waals surface area contributed by atoms with E-state index in [1.807, 2.05) is 24.3 Å². The van der Waals surface area contributed by atoms with Crippen molar-refractivity contribution in [3.05, 3.63) is 47.0 Å². The fourth-order valence-electron chi connectivity index (χ4n) is 3.25. The Balaban J connectivity index is 2.36. The fourth-order valence-corrected chi connectivity index (χ4v) is 3.25. The van der Waals surface area contributed by atoms with Gasteiger partial charge in [-0.2, -0.15) is 0 Å². The van der Waals surface area contributed by atoms with E-state index in [1.54, 1.807) is 17.6 Å². The molecule has 0 unspecified atom stereocenters. The predicted octanol–water partition coefficient (Wildman–Crippen LogP) is 3.07. The van der Waals surface area contributed by atoms with E-state index in [-0.39, 0.29) is 11.5 Å². The van der Waals surface area contributed by atoms with E-state index in [2.05, 4.69) is 0 Å². The van der Waals surface area contributed by atoms with Crippen LogP contribution in [0, 0.1) is 6.92 Å². The van der Waals surface area contributed by atoms with Crippen molar-refractivity contribution in [1.82, 2.24) is 4.57 Å². The van der Waals surface area contributed by atoms with Crippen LogP contribution in [0.2, 0.25) is 0 Å². The molecule has 5 nitrogen and oxygen atoms in total. The summed E-state index contributed by atoms with van der Waals surface area (Å²) in [5.41, 5.74) is 2.52. The number of fused-ring (bicyclic) bond motifs is 5. The van der Waals surface area contributed by atoms with Gasteiger partial charge in [-0.25, -0.2) is 9.59 Å². The lowest BCUT2D eigenvalue weighted by Crippen LogP contribution is -2.05. The molecule has 0 N–H and O–H groups in total. The molecule has 1 aliphatic rings. The minimum absolute atomic E-state index is 0.150. The standard InChI is InChI=1S/C17H11NO4/c1-8-7-12-14(15-13(8)16(20)22-17(15)21)10-5-3-4-6-11(10)18(12)9(2)19/h3-7H,1-2H3. The van der Waals surface area contributed by atoms with Gasteiger partial charge in [0.1, 0.15) is 0 Å². The van der Waals surface area contributed by atoms with E-state index in [9.17, 15) is 14.4 Å². The molecule has 2 aromatic carbocycles. The smallest absolute Gasteiger partial charge is 0.347 e. The van der Waals surface area contributed by atoms with Gasteiger partial charge in [0.2, 0.25) is 5.91 Å². The Morgan fingerprint density at radius 3 is 2.45 bits per heavy atom. The van der Waals surface area contributed by atoms with Crippen LogP contribution in [-0.2, 0) is 4.74 Å². The highest BCUT2D eigenvalue weighted by Gasteiger charge is 2.35. The Hall–Kier alpha value is -2.95. The van der Waals surface area contributed by atoms with Gasteiger partial charge in [0.25, 0.3) is 0 Å². The van der Waals surface area contributed by atoms with Gasteiger partial charge in [-0.3, -0.25) is 9.36 Å². The molecule has 0 fully saturated rings. The third-order valence-corrected chi connectivity index (χ3v) is 4.07. The predicted molar refractivity (Wildman–Crippen MR) is 80.2 cm³/mol. The van der Waals surface area contributed by atoms with Crippen LogP contribution >= 0.6 is 0 Å². The number of hydrogen-bond donors (Lipinski definition) is 0. The number of aromatic nitrogens is 1. The molecule has 0 bridgehead atoms. The van der Waals surface area contributed by atoms with Gasteiger partial charge in [0.05, 0.1) is 22.2 Å². The summed E-state index contributed by atoms with van der Waals surface area (Å²) < 4.78 is 6.33. The molecule has 0 saturated heterocycles. The minimum atomic E-state index is -0.653. The van der Waals surface area contributed by atoms with Crippen LogP contribution in [0.4, 0.5) is 0 Å². The van der Waals surface area contributed by atoms with Crippen molar-refractivity contribution in [2.45, 2.75) is 13.8 Å². The molecular formula is C17H11NO4. The molecule has 108 valence electrons. The first-order valence-corrected chi connectivity index (χ1v) is 6.85. The van der Waals surface area contributed by atoms with E-state index < -0.39 is 11.9 Å². The van der Waals surface area contributed by atoms with E-state index >= 15 is 0 Å². The van der Waals surface area contributed by atoms with Crippen molar-refractivity contribution >= 4 is 39.7 Å². The molecule has 5 heteroatoms. The lowest BCUT2D eigenvalue weighted by Gasteiger charge is -2.04. The van der Waals surface area contributed by atoms with Crippen LogP contribution in [0.1, 0.15) is 38.0 Å². The topological polar surface area (TPSA) is 65.4 Å². The highest BCUT2D eigenvalue weighted by atomic mass is 16.6. The minimum Gasteiger partial charge on any atom is -0.386 e. The normalized spacial score (nSPS) is 13.7. The number of para-hydroxylation sites is 1. The molecule has 0 spiro atoms. The maximum Gasteiger partial charge on any atom is 0.347 e. The molecule has 0 aliphatic carbocycles. The van der Waals surface area contributed by atoms with Gasteiger partial charge in [-0.05, 0) is 24.6 Å². The number of hydrogen-bond acceptors (Lipinski definition) is 4. The van der Waals surface area contributed by atoms with Gasteiger partial charge in [0.15, 0.2) is 0 Å². The summed E-state index contributed by atoms with van der Waals surface area (Å²) in [6.45, 7) is 3.21. The quantitative estimate of drug-likeness (QED) is 0.472. The molecule has 1 aromatic heterocycles. The number of aryl methyl sites for hydroxylation is 1. The summed E-state index contributed by atoms with van der Waals surface area (Å²) >= 11 is 0. The van der Waals surface area contributed by atoms with Crippen LogP contribution in [0.3, 0.4) is 0 Å². The highest BCUT2D eigenvalue weighted by molar-refractivity contribution is 6.28. The summed E-state index contributed by atoms with van der Waals surface area (Å²) in [6.07, 6.45) is 0. The number of rotatable bonds is 0. The average molecular weight is 293 g/mol. The SMILES string of the molecule is CC(=O)n1c2ccccc2c2c3c(c(C)cc21)C(=O)OC3=O. The van der Waals surface area contributed by atoms with Crippen LogP contribution in [0.5, 0.6) is 0 Å².